The van der Waals surface area contributed by atoms with Gasteiger partial charge in [-0.15, -0.1) is 0 Å². The van der Waals surface area contributed by atoms with Crippen molar-refractivity contribution in [1.29, 1.82) is 0 Å². The molecule has 2 aliphatic rings. The molecular formula is C20H24FN5O2. The van der Waals surface area contributed by atoms with Gasteiger partial charge < -0.3 is 15.5 Å². The molecule has 2 fully saturated rings. The molecule has 148 valence electrons. The van der Waals surface area contributed by atoms with Crippen molar-refractivity contribution in [3.63, 3.8) is 0 Å². The first kappa shape index (κ1) is 18.7. The molecule has 28 heavy (non-hydrogen) atoms. The van der Waals surface area contributed by atoms with E-state index in [1.165, 1.54) is 24.5 Å². The predicted octanol–water partition coefficient (Wildman–Crippen LogP) is 1.49. The molecule has 2 atom stereocenters. The van der Waals surface area contributed by atoms with Crippen LogP contribution < -0.4 is 10.6 Å². The summed E-state index contributed by atoms with van der Waals surface area (Å²) in [6, 6.07) is 2.42. The van der Waals surface area contributed by atoms with Gasteiger partial charge in [-0.25, -0.2) is 4.39 Å². The van der Waals surface area contributed by atoms with Crippen LogP contribution in [0.5, 0.6) is 0 Å². The highest BCUT2D eigenvalue weighted by atomic mass is 19.1. The highest BCUT2D eigenvalue weighted by Crippen LogP contribution is 2.22. The Morgan fingerprint density at radius 2 is 2.07 bits per heavy atom. The fourth-order valence-corrected chi connectivity index (χ4v) is 4.07. The third kappa shape index (κ3) is 3.96. The van der Waals surface area contributed by atoms with Crippen LogP contribution in [-0.2, 0) is 4.79 Å². The zero-order chi connectivity index (χ0) is 19.5. The average Bonchev–Trinajstić information content (AvgIpc) is 3.26. The average molecular weight is 385 g/mol. The number of benzene rings is 1. The number of carbonyl (C=O) groups excluding carboxylic acids is 2. The zero-order valence-electron chi connectivity index (χ0n) is 15.7. The molecular weight excluding hydrogens is 361 g/mol. The number of nitrogens with zero attached hydrogens (tertiary/aromatic N) is 3. The lowest BCUT2D eigenvalue weighted by atomic mass is 9.97. The van der Waals surface area contributed by atoms with Crippen molar-refractivity contribution in [2.45, 2.75) is 31.7 Å². The number of likely N-dealkylation sites (tertiary alicyclic amines) is 1. The number of hydrogen-bond donors (Lipinski definition) is 2. The van der Waals surface area contributed by atoms with Crippen molar-refractivity contribution in [3.05, 3.63) is 35.9 Å². The van der Waals surface area contributed by atoms with E-state index in [9.17, 15) is 14.0 Å². The SMILES string of the molecule is O=C(NCC1CCCN(C(=O)c2cc(F)cc3nccnc23)C1)C1CCCN1. The first-order chi connectivity index (χ1) is 13.6. The van der Waals surface area contributed by atoms with Gasteiger partial charge in [0.15, 0.2) is 0 Å². The predicted molar refractivity (Wildman–Crippen MR) is 102 cm³/mol. The third-order valence-corrected chi connectivity index (χ3v) is 5.52. The van der Waals surface area contributed by atoms with Gasteiger partial charge in [0, 0.05) is 38.1 Å². The van der Waals surface area contributed by atoms with Crippen molar-refractivity contribution < 1.29 is 14.0 Å². The molecule has 0 saturated carbocycles. The number of nitrogens with one attached hydrogen (secondary N) is 2. The first-order valence-electron chi connectivity index (χ1n) is 9.82. The van der Waals surface area contributed by atoms with E-state index in [4.69, 9.17) is 0 Å². The van der Waals surface area contributed by atoms with Crippen LogP contribution in [0.15, 0.2) is 24.5 Å². The summed E-state index contributed by atoms with van der Waals surface area (Å²) in [6.45, 7) is 2.58. The van der Waals surface area contributed by atoms with E-state index in [0.29, 0.717) is 30.7 Å². The van der Waals surface area contributed by atoms with Gasteiger partial charge in [0.1, 0.15) is 11.3 Å². The van der Waals surface area contributed by atoms with Crippen LogP contribution in [-0.4, -0.2) is 58.9 Å². The van der Waals surface area contributed by atoms with E-state index < -0.39 is 5.82 Å². The van der Waals surface area contributed by atoms with Crippen molar-refractivity contribution in [1.82, 2.24) is 25.5 Å². The lowest BCUT2D eigenvalue weighted by molar-refractivity contribution is -0.123. The summed E-state index contributed by atoms with van der Waals surface area (Å²) in [5.41, 5.74) is 1.02. The van der Waals surface area contributed by atoms with Gasteiger partial charge in [-0.2, -0.15) is 0 Å². The molecule has 0 aliphatic carbocycles. The number of hydrogen-bond acceptors (Lipinski definition) is 5. The van der Waals surface area contributed by atoms with Crippen molar-refractivity contribution in [2.75, 3.05) is 26.2 Å². The van der Waals surface area contributed by atoms with Crippen molar-refractivity contribution in [3.8, 4) is 0 Å². The van der Waals surface area contributed by atoms with Crippen LogP contribution in [0.25, 0.3) is 11.0 Å². The molecule has 4 rings (SSSR count). The standard InChI is InChI=1S/C20H24FN5O2/c21-14-9-15(18-17(10-14)23-6-7-24-18)20(28)26-8-2-3-13(12-26)11-25-19(27)16-4-1-5-22-16/h6-7,9-10,13,16,22H,1-5,8,11-12H2,(H,25,27). The Balaban J connectivity index is 1.43. The molecule has 2 saturated heterocycles. The quantitative estimate of drug-likeness (QED) is 0.833. The van der Waals surface area contributed by atoms with Gasteiger partial charge in [0.05, 0.1) is 17.1 Å². The second-order valence-corrected chi connectivity index (χ2v) is 7.53. The summed E-state index contributed by atoms with van der Waals surface area (Å²) in [5.74, 6) is -0.513. The van der Waals surface area contributed by atoms with Gasteiger partial charge in [-0.3, -0.25) is 19.6 Å². The van der Waals surface area contributed by atoms with Gasteiger partial charge in [0.25, 0.3) is 5.91 Å². The largest absolute Gasteiger partial charge is 0.354 e. The second-order valence-electron chi connectivity index (χ2n) is 7.53. The van der Waals surface area contributed by atoms with E-state index in [2.05, 4.69) is 20.6 Å². The first-order valence-corrected chi connectivity index (χ1v) is 9.82. The molecule has 2 amide bonds. The zero-order valence-corrected chi connectivity index (χ0v) is 15.7. The molecule has 7 nitrogen and oxygen atoms in total. The molecule has 1 aromatic carbocycles. The Kier molecular flexibility index (Phi) is 5.47. The van der Waals surface area contributed by atoms with E-state index in [-0.39, 0.29) is 29.3 Å². The van der Waals surface area contributed by atoms with Crippen LogP contribution in [0.4, 0.5) is 4.39 Å². The summed E-state index contributed by atoms with van der Waals surface area (Å²) in [6.07, 6.45) is 6.68. The van der Waals surface area contributed by atoms with Crippen molar-refractivity contribution >= 4 is 22.8 Å². The number of rotatable bonds is 4. The maximum absolute atomic E-state index is 14.0. The van der Waals surface area contributed by atoms with Gasteiger partial charge in [0.2, 0.25) is 5.91 Å². The molecule has 2 aliphatic heterocycles. The number of piperidine rings is 1. The molecule has 2 N–H and O–H groups in total. The van der Waals surface area contributed by atoms with Crippen LogP contribution >= 0.6 is 0 Å². The summed E-state index contributed by atoms with van der Waals surface area (Å²) in [5, 5.41) is 6.20. The van der Waals surface area contributed by atoms with E-state index in [1.54, 1.807) is 4.90 Å². The van der Waals surface area contributed by atoms with Crippen LogP contribution in [0.3, 0.4) is 0 Å². The van der Waals surface area contributed by atoms with Crippen LogP contribution in [0.1, 0.15) is 36.0 Å². The van der Waals surface area contributed by atoms with E-state index >= 15 is 0 Å². The molecule has 0 radical (unpaired) electrons. The maximum atomic E-state index is 14.0. The smallest absolute Gasteiger partial charge is 0.256 e. The molecule has 1 aromatic heterocycles. The number of fused-ring (bicyclic) bond motifs is 1. The highest BCUT2D eigenvalue weighted by Gasteiger charge is 2.28. The molecule has 0 bridgehead atoms. The second kappa shape index (κ2) is 8.18. The molecule has 8 heteroatoms. The molecule has 3 heterocycles. The van der Waals surface area contributed by atoms with Gasteiger partial charge >= 0.3 is 0 Å². The monoisotopic (exact) mass is 385 g/mol. The molecule has 2 aromatic rings. The Morgan fingerprint density at radius 1 is 1.21 bits per heavy atom. The lowest BCUT2D eigenvalue weighted by Gasteiger charge is -2.33. The van der Waals surface area contributed by atoms with Crippen LogP contribution in [0, 0.1) is 11.7 Å². The molecule has 0 spiro atoms. The summed E-state index contributed by atoms with van der Waals surface area (Å²) >= 11 is 0. The van der Waals surface area contributed by atoms with Crippen LogP contribution in [0.2, 0.25) is 0 Å². The summed E-state index contributed by atoms with van der Waals surface area (Å²) < 4.78 is 14.0. The fourth-order valence-electron chi connectivity index (χ4n) is 4.07. The number of carbonyl (C=O) groups is 2. The minimum Gasteiger partial charge on any atom is -0.354 e. The van der Waals surface area contributed by atoms with E-state index in [0.717, 1.165) is 32.2 Å². The van der Waals surface area contributed by atoms with Gasteiger partial charge in [-0.1, -0.05) is 0 Å². The minimum atomic E-state index is -0.499. The number of amides is 2. The third-order valence-electron chi connectivity index (χ3n) is 5.52. The Morgan fingerprint density at radius 3 is 2.89 bits per heavy atom. The number of aromatic nitrogens is 2. The van der Waals surface area contributed by atoms with Gasteiger partial charge in [-0.05, 0) is 44.2 Å². The van der Waals surface area contributed by atoms with E-state index in [1.807, 2.05) is 0 Å². The summed E-state index contributed by atoms with van der Waals surface area (Å²) in [4.78, 5) is 35.3. The lowest BCUT2D eigenvalue weighted by Crippen LogP contribution is -2.46. The normalized spacial score (nSPS) is 22.4. The minimum absolute atomic E-state index is 0.0346. The Hall–Kier alpha value is -2.61. The maximum Gasteiger partial charge on any atom is 0.256 e. The topological polar surface area (TPSA) is 87.2 Å². The molecule has 2 unspecified atom stereocenters. The fraction of sp³-hybridized carbons (Fsp3) is 0.500. The number of halogens is 1. The Bertz CT molecular complexity index is 884. The highest BCUT2D eigenvalue weighted by molar-refractivity contribution is 6.04. The Labute approximate surface area is 162 Å². The van der Waals surface area contributed by atoms with Crippen molar-refractivity contribution in [2.24, 2.45) is 5.92 Å². The summed E-state index contributed by atoms with van der Waals surface area (Å²) in [7, 11) is 0.